The van der Waals surface area contributed by atoms with Gasteiger partial charge in [0.1, 0.15) is 0 Å². The summed E-state index contributed by atoms with van der Waals surface area (Å²) in [5, 5.41) is 5.20. The average Bonchev–Trinajstić information content (AvgIpc) is 3.33. The van der Waals surface area contributed by atoms with Crippen molar-refractivity contribution < 1.29 is 8.42 Å². The van der Waals surface area contributed by atoms with E-state index in [-0.39, 0.29) is 6.04 Å². The van der Waals surface area contributed by atoms with Crippen molar-refractivity contribution in [3.8, 4) is 0 Å². The molecule has 2 aromatic carbocycles. The minimum Gasteiger partial charge on any atom is -0.378 e. The van der Waals surface area contributed by atoms with Crippen LogP contribution in [0, 0.1) is 17.8 Å². The summed E-state index contributed by atoms with van der Waals surface area (Å²) in [6, 6.07) is 11.5. The van der Waals surface area contributed by atoms with Gasteiger partial charge in [0.05, 0.1) is 10.9 Å². The summed E-state index contributed by atoms with van der Waals surface area (Å²) >= 11 is 13.5. The number of piperidine rings is 1. The van der Waals surface area contributed by atoms with Crippen LogP contribution in [0.2, 0.25) is 10.0 Å². The van der Waals surface area contributed by atoms with Crippen LogP contribution in [0.5, 0.6) is 0 Å². The van der Waals surface area contributed by atoms with Crippen molar-refractivity contribution in [2.45, 2.75) is 68.2 Å². The van der Waals surface area contributed by atoms with E-state index in [1.807, 2.05) is 30.3 Å². The molecule has 2 aromatic rings. The highest BCUT2D eigenvalue weighted by Crippen LogP contribution is 2.60. The van der Waals surface area contributed by atoms with Gasteiger partial charge < -0.3 is 5.32 Å². The van der Waals surface area contributed by atoms with E-state index in [4.69, 9.17) is 23.2 Å². The number of nitrogens with one attached hydrogen (secondary N) is 1. The monoisotopic (exact) mass is 518 g/mol. The molecule has 2 aliphatic carbocycles. The van der Waals surface area contributed by atoms with Gasteiger partial charge in [0.15, 0.2) is 0 Å². The molecule has 182 valence electrons. The van der Waals surface area contributed by atoms with Gasteiger partial charge in [-0.25, -0.2) is 8.42 Å². The molecule has 0 spiro atoms. The van der Waals surface area contributed by atoms with Crippen molar-refractivity contribution in [3.05, 3.63) is 57.6 Å². The third-order valence-corrected chi connectivity index (χ3v) is 11.5. The Hall–Kier alpha value is -1.27. The van der Waals surface area contributed by atoms with Crippen LogP contribution in [0.3, 0.4) is 0 Å². The summed E-state index contributed by atoms with van der Waals surface area (Å²) in [5.74, 6) is 2.02. The van der Waals surface area contributed by atoms with Gasteiger partial charge in [0.25, 0.3) is 0 Å². The normalized spacial score (nSPS) is 31.3. The van der Waals surface area contributed by atoms with Gasteiger partial charge in [0, 0.05) is 34.4 Å². The van der Waals surface area contributed by atoms with E-state index in [1.54, 1.807) is 10.4 Å². The summed E-state index contributed by atoms with van der Waals surface area (Å²) < 4.78 is 28.6. The summed E-state index contributed by atoms with van der Waals surface area (Å²) in [4.78, 5) is 0.441. The number of hydrogen-bond acceptors (Lipinski definition) is 3. The zero-order valence-electron chi connectivity index (χ0n) is 19.3. The molecule has 1 saturated heterocycles. The SMILES string of the molecule is O=S(=O)(c1ccc2c(c1)C1CCC3CCCC3C1C(c1c(Cl)cccc1Cl)N2)N1CCCCC1. The molecule has 4 nitrogen and oxygen atoms in total. The van der Waals surface area contributed by atoms with Crippen LogP contribution in [-0.2, 0) is 10.0 Å². The highest BCUT2D eigenvalue weighted by atomic mass is 35.5. The first-order valence-corrected chi connectivity index (χ1v) is 15.0. The van der Waals surface area contributed by atoms with E-state index in [0.29, 0.717) is 45.8 Å². The first-order valence-electron chi connectivity index (χ1n) is 12.8. The molecule has 0 amide bonds. The number of fused-ring (bicyclic) bond motifs is 5. The van der Waals surface area contributed by atoms with E-state index in [9.17, 15) is 8.42 Å². The van der Waals surface area contributed by atoms with Gasteiger partial charge in [-0.3, -0.25) is 0 Å². The summed E-state index contributed by atoms with van der Waals surface area (Å²) in [7, 11) is -3.47. The molecule has 0 radical (unpaired) electrons. The molecule has 7 heteroatoms. The third-order valence-electron chi connectivity index (χ3n) is 8.91. The first-order chi connectivity index (χ1) is 16.4. The zero-order chi connectivity index (χ0) is 23.4. The van der Waals surface area contributed by atoms with Gasteiger partial charge >= 0.3 is 0 Å². The number of benzene rings is 2. The molecule has 5 unspecified atom stereocenters. The first kappa shape index (κ1) is 23.1. The number of anilines is 1. The molecular weight excluding hydrogens is 487 g/mol. The Morgan fingerprint density at radius 3 is 2.41 bits per heavy atom. The molecule has 2 heterocycles. The van der Waals surface area contributed by atoms with Crippen molar-refractivity contribution in [1.29, 1.82) is 0 Å². The Bertz CT molecular complexity index is 1170. The molecule has 6 rings (SSSR count). The Morgan fingerprint density at radius 2 is 1.65 bits per heavy atom. The fraction of sp³-hybridized carbons (Fsp3) is 0.556. The zero-order valence-corrected chi connectivity index (χ0v) is 21.7. The molecule has 3 fully saturated rings. The molecule has 4 aliphatic rings. The highest BCUT2D eigenvalue weighted by molar-refractivity contribution is 7.89. The molecule has 1 N–H and O–H groups in total. The van der Waals surface area contributed by atoms with Crippen LogP contribution in [0.4, 0.5) is 5.69 Å². The van der Waals surface area contributed by atoms with E-state index in [0.717, 1.165) is 48.4 Å². The van der Waals surface area contributed by atoms with Crippen molar-refractivity contribution in [2.75, 3.05) is 18.4 Å². The van der Waals surface area contributed by atoms with Gasteiger partial charge in [-0.1, -0.05) is 48.5 Å². The van der Waals surface area contributed by atoms with E-state index in [2.05, 4.69) is 5.32 Å². The maximum Gasteiger partial charge on any atom is 0.243 e. The molecule has 2 saturated carbocycles. The van der Waals surface area contributed by atoms with Crippen LogP contribution in [0.25, 0.3) is 0 Å². The van der Waals surface area contributed by atoms with Gasteiger partial charge in [-0.15, -0.1) is 0 Å². The van der Waals surface area contributed by atoms with Crippen LogP contribution in [-0.4, -0.2) is 25.8 Å². The standard InChI is InChI=1S/C27H32Cl2N2O2S/c28-22-8-5-9-23(29)26(22)27-25-19-7-4-6-17(19)10-12-20(25)21-16-18(11-13-24(21)30-27)34(32,33)31-14-2-1-3-15-31/h5,8-9,11,13,16-17,19-20,25,27,30H,1-4,6-7,10,12,14-15H2. The van der Waals surface area contributed by atoms with E-state index < -0.39 is 10.0 Å². The molecule has 2 aliphatic heterocycles. The van der Waals surface area contributed by atoms with Gasteiger partial charge in [-0.05, 0) is 91.7 Å². The van der Waals surface area contributed by atoms with E-state index in [1.165, 1.54) is 25.7 Å². The second kappa shape index (κ2) is 8.99. The minimum absolute atomic E-state index is 0.0363. The summed E-state index contributed by atoms with van der Waals surface area (Å²) in [5.41, 5.74) is 3.17. The van der Waals surface area contributed by atoms with Crippen LogP contribution >= 0.6 is 23.2 Å². The minimum atomic E-state index is -3.47. The second-order valence-corrected chi connectivity index (χ2v) is 13.3. The third kappa shape index (κ3) is 3.78. The van der Waals surface area contributed by atoms with Gasteiger partial charge in [0.2, 0.25) is 10.0 Å². The largest absolute Gasteiger partial charge is 0.378 e. The van der Waals surface area contributed by atoms with Crippen molar-refractivity contribution in [1.82, 2.24) is 4.31 Å². The lowest BCUT2D eigenvalue weighted by Gasteiger charge is -2.49. The number of halogens is 2. The Labute approximate surface area is 213 Å². The molecule has 0 aromatic heterocycles. The fourth-order valence-corrected chi connectivity index (χ4v) is 9.57. The predicted molar refractivity (Wildman–Crippen MR) is 138 cm³/mol. The molecule has 5 atom stereocenters. The van der Waals surface area contributed by atoms with Crippen LogP contribution in [0.1, 0.15) is 74.5 Å². The summed E-state index contributed by atoms with van der Waals surface area (Å²) in [6.45, 7) is 1.25. The highest BCUT2D eigenvalue weighted by Gasteiger charge is 2.49. The van der Waals surface area contributed by atoms with Crippen LogP contribution < -0.4 is 5.32 Å². The number of rotatable bonds is 3. The average molecular weight is 520 g/mol. The molecule has 34 heavy (non-hydrogen) atoms. The smallest absolute Gasteiger partial charge is 0.243 e. The number of sulfonamides is 1. The lowest BCUT2D eigenvalue weighted by atomic mass is 9.60. The van der Waals surface area contributed by atoms with Crippen molar-refractivity contribution in [2.24, 2.45) is 17.8 Å². The summed E-state index contributed by atoms with van der Waals surface area (Å²) in [6.07, 6.45) is 9.11. The van der Waals surface area contributed by atoms with Crippen LogP contribution in [0.15, 0.2) is 41.3 Å². The Morgan fingerprint density at radius 1 is 0.882 bits per heavy atom. The molecular formula is C27H32Cl2N2O2S. The maximum atomic E-state index is 13.5. The Kier molecular flexibility index (Phi) is 6.12. The Balaban J connectivity index is 1.44. The number of nitrogens with zero attached hydrogens (tertiary/aromatic N) is 1. The predicted octanol–water partition coefficient (Wildman–Crippen LogP) is 7.24. The van der Waals surface area contributed by atoms with Crippen molar-refractivity contribution in [3.63, 3.8) is 0 Å². The maximum absolute atomic E-state index is 13.5. The quantitative estimate of drug-likeness (QED) is 0.465. The lowest BCUT2D eigenvalue weighted by Crippen LogP contribution is -2.41. The molecule has 0 bridgehead atoms. The van der Waals surface area contributed by atoms with Gasteiger partial charge in [-0.2, -0.15) is 4.31 Å². The fourth-order valence-electron chi connectivity index (χ4n) is 7.39. The number of hydrogen-bond donors (Lipinski definition) is 1. The van der Waals surface area contributed by atoms with Crippen molar-refractivity contribution >= 4 is 38.9 Å². The lowest BCUT2D eigenvalue weighted by molar-refractivity contribution is 0.129. The topological polar surface area (TPSA) is 49.4 Å². The van der Waals surface area contributed by atoms with E-state index >= 15 is 0 Å². The second-order valence-electron chi connectivity index (χ2n) is 10.6.